The van der Waals surface area contributed by atoms with Crippen molar-refractivity contribution in [2.45, 2.75) is 57.5 Å². The van der Waals surface area contributed by atoms with E-state index in [9.17, 15) is 9.59 Å². The molecule has 2 aromatic rings. The first-order valence-electron chi connectivity index (χ1n) is 9.33. The Bertz CT molecular complexity index is 862. The molecule has 144 valence electrons. The summed E-state index contributed by atoms with van der Waals surface area (Å²) < 4.78 is 2.20. The molecule has 1 aliphatic rings. The number of fused-ring (bicyclic) bond motifs is 1. The summed E-state index contributed by atoms with van der Waals surface area (Å²) in [4.78, 5) is 31.4. The van der Waals surface area contributed by atoms with Crippen LogP contribution in [0, 0.1) is 13.8 Å². The Labute approximate surface area is 164 Å². The van der Waals surface area contributed by atoms with Gasteiger partial charge in [-0.05, 0) is 39.3 Å². The molecule has 1 N–H and O–H groups in total. The number of imidazole rings is 1. The fraction of sp³-hybridized carbons (Fsp3) is 0.450. The van der Waals surface area contributed by atoms with Crippen LogP contribution in [0.2, 0.25) is 0 Å². The third-order valence-corrected chi connectivity index (χ3v) is 5.90. The molecule has 2 amide bonds. The average Bonchev–Trinajstić information content (AvgIpc) is 2.91. The number of carbonyl (C=O) groups excluding carboxylic acids is 2. The molecule has 0 aliphatic carbocycles. The minimum atomic E-state index is -0.342. The first kappa shape index (κ1) is 19.5. The smallest absolute Gasteiger partial charge is 0.244 e. The number of nitrogens with one attached hydrogen (secondary N) is 1. The Kier molecular flexibility index (Phi) is 5.89. The number of hydrogen-bond donors (Lipinski definition) is 1. The zero-order valence-corrected chi connectivity index (χ0v) is 17.1. The number of carbonyl (C=O) groups is 2. The van der Waals surface area contributed by atoms with Crippen molar-refractivity contribution in [1.29, 1.82) is 0 Å². The van der Waals surface area contributed by atoms with Crippen LogP contribution in [-0.4, -0.2) is 33.2 Å². The Morgan fingerprint density at radius 1 is 1.33 bits per heavy atom. The molecule has 1 atom stereocenters. The van der Waals surface area contributed by atoms with Gasteiger partial charge in [0.05, 0.1) is 22.3 Å². The number of rotatable bonds is 6. The second-order valence-corrected chi connectivity index (χ2v) is 8.13. The molecule has 0 saturated heterocycles. The van der Waals surface area contributed by atoms with Gasteiger partial charge in [-0.2, -0.15) is 0 Å². The number of aryl methyl sites for hydroxylation is 1. The number of thioether (sulfide) groups is 1. The topological polar surface area (TPSA) is 67.2 Å². The van der Waals surface area contributed by atoms with Crippen LogP contribution in [0.5, 0.6) is 0 Å². The lowest BCUT2D eigenvalue weighted by Gasteiger charge is -2.30. The average molecular weight is 387 g/mol. The van der Waals surface area contributed by atoms with E-state index in [0.29, 0.717) is 5.69 Å². The van der Waals surface area contributed by atoms with Gasteiger partial charge < -0.3 is 9.88 Å². The van der Waals surface area contributed by atoms with Crippen molar-refractivity contribution < 1.29 is 9.59 Å². The van der Waals surface area contributed by atoms with Crippen molar-refractivity contribution in [2.75, 3.05) is 16.8 Å². The van der Waals surface area contributed by atoms with E-state index in [1.807, 2.05) is 38.1 Å². The van der Waals surface area contributed by atoms with E-state index >= 15 is 0 Å². The molecule has 1 aliphatic heterocycles. The van der Waals surface area contributed by atoms with Gasteiger partial charge in [0.2, 0.25) is 11.8 Å². The minimum Gasteiger partial charge on any atom is -0.323 e. The zero-order chi connectivity index (χ0) is 19.6. The molecular formula is C20H26N4O2S. The molecule has 7 heteroatoms. The fourth-order valence-corrected chi connectivity index (χ4v) is 4.24. The SMILES string of the molecule is CCCCn1c(S[C@H](C)C(=O)N2CC(=O)Nc3ccccc32)nc(C)c1C. The lowest BCUT2D eigenvalue weighted by molar-refractivity contribution is -0.121. The first-order valence-corrected chi connectivity index (χ1v) is 10.2. The summed E-state index contributed by atoms with van der Waals surface area (Å²) in [5, 5.41) is 3.35. The van der Waals surface area contributed by atoms with Crippen LogP contribution in [0.25, 0.3) is 0 Å². The number of hydrogen-bond acceptors (Lipinski definition) is 4. The fourth-order valence-electron chi connectivity index (χ4n) is 3.15. The molecule has 0 fully saturated rings. The lowest BCUT2D eigenvalue weighted by atomic mass is 10.2. The maximum absolute atomic E-state index is 13.1. The molecule has 0 radical (unpaired) electrons. The number of unbranched alkanes of at least 4 members (excludes halogenated alkanes) is 1. The van der Waals surface area contributed by atoms with Crippen molar-refractivity contribution >= 4 is 35.0 Å². The second-order valence-electron chi connectivity index (χ2n) is 6.82. The molecule has 0 bridgehead atoms. The largest absolute Gasteiger partial charge is 0.323 e. The van der Waals surface area contributed by atoms with Crippen molar-refractivity contribution in [1.82, 2.24) is 9.55 Å². The quantitative estimate of drug-likeness (QED) is 0.768. The minimum absolute atomic E-state index is 0.0447. The number of nitrogens with zero attached hydrogens (tertiary/aromatic N) is 3. The Balaban J connectivity index is 1.81. The van der Waals surface area contributed by atoms with Crippen LogP contribution in [0.15, 0.2) is 29.4 Å². The summed E-state index contributed by atoms with van der Waals surface area (Å²) in [5.41, 5.74) is 3.57. The zero-order valence-electron chi connectivity index (χ0n) is 16.3. The van der Waals surface area contributed by atoms with E-state index in [4.69, 9.17) is 0 Å². The highest BCUT2D eigenvalue weighted by Gasteiger charge is 2.31. The van der Waals surface area contributed by atoms with Crippen LogP contribution >= 0.6 is 11.8 Å². The molecule has 1 aromatic carbocycles. The number of para-hydroxylation sites is 2. The number of aromatic nitrogens is 2. The van der Waals surface area contributed by atoms with E-state index in [1.165, 1.54) is 11.8 Å². The Morgan fingerprint density at radius 3 is 2.81 bits per heavy atom. The van der Waals surface area contributed by atoms with E-state index in [-0.39, 0.29) is 23.6 Å². The van der Waals surface area contributed by atoms with Crippen LogP contribution in [0.1, 0.15) is 38.1 Å². The number of amides is 2. The number of benzene rings is 1. The summed E-state index contributed by atoms with van der Waals surface area (Å²) in [6, 6.07) is 7.40. The Morgan fingerprint density at radius 2 is 2.07 bits per heavy atom. The van der Waals surface area contributed by atoms with Gasteiger partial charge in [0.1, 0.15) is 6.54 Å². The van der Waals surface area contributed by atoms with Crippen molar-refractivity contribution in [2.24, 2.45) is 0 Å². The van der Waals surface area contributed by atoms with Gasteiger partial charge in [0.25, 0.3) is 0 Å². The van der Waals surface area contributed by atoms with Gasteiger partial charge >= 0.3 is 0 Å². The summed E-state index contributed by atoms with van der Waals surface area (Å²) in [5.74, 6) is -0.252. The van der Waals surface area contributed by atoms with Crippen LogP contribution < -0.4 is 10.2 Å². The van der Waals surface area contributed by atoms with Crippen LogP contribution in [-0.2, 0) is 16.1 Å². The molecular weight excluding hydrogens is 360 g/mol. The normalized spacial score (nSPS) is 14.7. The maximum atomic E-state index is 13.1. The van der Waals surface area contributed by atoms with Gasteiger partial charge in [-0.1, -0.05) is 37.2 Å². The standard InChI is InChI=1S/C20H26N4O2S/c1-5-6-11-23-14(3)13(2)21-20(23)27-15(4)19(26)24-12-18(25)22-16-9-7-8-10-17(16)24/h7-10,15H,5-6,11-12H2,1-4H3,(H,22,25)/t15-/m1/s1. The highest BCUT2D eigenvalue weighted by Crippen LogP contribution is 2.32. The van der Waals surface area contributed by atoms with Crippen molar-refractivity contribution in [3.63, 3.8) is 0 Å². The van der Waals surface area contributed by atoms with Gasteiger partial charge in [0.15, 0.2) is 5.16 Å². The van der Waals surface area contributed by atoms with E-state index in [2.05, 4.69) is 28.7 Å². The molecule has 2 heterocycles. The molecule has 3 rings (SSSR count). The van der Waals surface area contributed by atoms with Gasteiger partial charge in [0, 0.05) is 12.2 Å². The third-order valence-electron chi connectivity index (χ3n) is 4.82. The van der Waals surface area contributed by atoms with E-state index in [0.717, 1.165) is 41.6 Å². The first-order chi connectivity index (χ1) is 12.9. The van der Waals surface area contributed by atoms with E-state index < -0.39 is 0 Å². The number of anilines is 2. The predicted molar refractivity (Wildman–Crippen MR) is 109 cm³/mol. The van der Waals surface area contributed by atoms with Gasteiger partial charge in [-0.25, -0.2) is 4.98 Å². The van der Waals surface area contributed by atoms with Crippen molar-refractivity contribution in [3.8, 4) is 0 Å². The summed E-state index contributed by atoms with van der Waals surface area (Å²) in [6.45, 7) is 9.06. The summed E-state index contributed by atoms with van der Waals surface area (Å²) in [7, 11) is 0. The summed E-state index contributed by atoms with van der Waals surface area (Å²) >= 11 is 1.46. The summed E-state index contributed by atoms with van der Waals surface area (Å²) in [6.07, 6.45) is 2.18. The van der Waals surface area contributed by atoms with Crippen molar-refractivity contribution in [3.05, 3.63) is 35.7 Å². The second kappa shape index (κ2) is 8.17. The molecule has 0 saturated carbocycles. The monoisotopic (exact) mass is 386 g/mol. The Hall–Kier alpha value is -2.28. The maximum Gasteiger partial charge on any atom is 0.244 e. The molecule has 27 heavy (non-hydrogen) atoms. The predicted octanol–water partition coefficient (Wildman–Crippen LogP) is 3.77. The molecule has 0 spiro atoms. The van der Waals surface area contributed by atoms with Crippen LogP contribution in [0.4, 0.5) is 11.4 Å². The highest BCUT2D eigenvalue weighted by atomic mass is 32.2. The molecule has 0 unspecified atom stereocenters. The highest BCUT2D eigenvalue weighted by molar-refractivity contribution is 8.00. The van der Waals surface area contributed by atoms with Gasteiger partial charge in [-0.3, -0.25) is 14.5 Å². The van der Waals surface area contributed by atoms with E-state index in [1.54, 1.807) is 4.90 Å². The van der Waals surface area contributed by atoms with Gasteiger partial charge in [-0.15, -0.1) is 0 Å². The lowest BCUT2D eigenvalue weighted by Crippen LogP contribution is -2.45. The molecule has 1 aromatic heterocycles. The third kappa shape index (κ3) is 4.03. The van der Waals surface area contributed by atoms with Crippen LogP contribution in [0.3, 0.4) is 0 Å². The molecule has 6 nitrogen and oxygen atoms in total.